The van der Waals surface area contributed by atoms with Crippen molar-refractivity contribution in [2.24, 2.45) is 0 Å². The molecule has 0 bridgehead atoms. The normalized spacial score (nSPS) is 14.8. The van der Waals surface area contributed by atoms with Crippen molar-refractivity contribution in [1.29, 1.82) is 0 Å². The summed E-state index contributed by atoms with van der Waals surface area (Å²) in [6.45, 7) is 2.70. The first-order valence-corrected chi connectivity index (χ1v) is 6.59. The number of phenolic OH excluding ortho intramolecular Hbond substituents is 1. The number of hydrogen-bond donors (Lipinski definition) is 2. The molecule has 0 amide bonds. The van der Waals surface area contributed by atoms with Crippen LogP contribution in [-0.4, -0.2) is 27.9 Å². The van der Waals surface area contributed by atoms with Crippen LogP contribution >= 0.6 is 0 Å². The third kappa shape index (κ3) is 2.76. The molecule has 1 aromatic heterocycles. The van der Waals surface area contributed by atoms with Crippen LogP contribution in [0, 0.1) is 6.92 Å². The lowest BCUT2D eigenvalue weighted by Gasteiger charge is -2.02. The summed E-state index contributed by atoms with van der Waals surface area (Å²) >= 11 is 0. The van der Waals surface area contributed by atoms with Gasteiger partial charge in [-0.15, -0.1) is 10.2 Å². The predicted octanol–water partition coefficient (Wildman–Crippen LogP) is 2.05. The van der Waals surface area contributed by atoms with Gasteiger partial charge in [0.15, 0.2) is 0 Å². The van der Waals surface area contributed by atoms with Gasteiger partial charge in [-0.2, -0.15) is 0 Å². The van der Waals surface area contributed by atoms with Crippen molar-refractivity contribution in [2.75, 3.05) is 6.54 Å². The second kappa shape index (κ2) is 5.01. The van der Waals surface area contributed by atoms with Crippen molar-refractivity contribution in [3.63, 3.8) is 0 Å². The van der Waals surface area contributed by atoms with E-state index in [1.54, 1.807) is 12.1 Å². The van der Waals surface area contributed by atoms with Crippen molar-refractivity contribution >= 4 is 0 Å². The molecule has 19 heavy (non-hydrogen) atoms. The van der Waals surface area contributed by atoms with Gasteiger partial charge in [0.05, 0.1) is 0 Å². The topological polar surface area (TPSA) is 71.2 Å². The van der Waals surface area contributed by atoms with Crippen LogP contribution in [0.3, 0.4) is 0 Å². The fourth-order valence-electron chi connectivity index (χ4n) is 1.99. The molecule has 0 spiro atoms. The minimum Gasteiger partial charge on any atom is -0.508 e. The van der Waals surface area contributed by atoms with Crippen LogP contribution in [0.15, 0.2) is 22.6 Å². The van der Waals surface area contributed by atoms with Crippen molar-refractivity contribution in [3.05, 3.63) is 29.7 Å². The summed E-state index contributed by atoms with van der Waals surface area (Å²) in [4.78, 5) is 0. The third-order valence-corrected chi connectivity index (χ3v) is 3.35. The van der Waals surface area contributed by atoms with Crippen LogP contribution < -0.4 is 5.32 Å². The molecule has 3 rings (SSSR count). The summed E-state index contributed by atoms with van der Waals surface area (Å²) < 4.78 is 5.63. The summed E-state index contributed by atoms with van der Waals surface area (Å²) in [5.74, 6) is 1.34. The monoisotopic (exact) mass is 259 g/mol. The maximum absolute atomic E-state index is 9.68. The van der Waals surface area contributed by atoms with Crippen LogP contribution in [0.5, 0.6) is 5.75 Å². The van der Waals surface area contributed by atoms with Crippen LogP contribution in [0.4, 0.5) is 0 Å². The first-order chi connectivity index (χ1) is 9.24. The first kappa shape index (κ1) is 12.2. The fourth-order valence-corrected chi connectivity index (χ4v) is 1.99. The molecule has 1 fully saturated rings. The number of aromatic hydroxyl groups is 1. The molecular formula is C14H17N3O2. The fraction of sp³-hybridized carbons (Fsp3) is 0.429. The van der Waals surface area contributed by atoms with E-state index in [-0.39, 0.29) is 5.75 Å². The van der Waals surface area contributed by atoms with E-state index in [0.717, 1.165) is 24.1 Å². The SMILES string of the molecule is Cc1c(O)cccc1-c1nnc(CCNC2CC2)o1. The van der Waals surface area contributed by atoms with Gasteiger partial charge in [-0.3, -0.25) is 0 Å². The number of aromatic nitrogens is 2. The minimum absolute atomic E-state index is 0.243. The van der Waals surface area contributed by atoms with E-state index in [9.17, 15) is 5.11 Å². The Hall–Kier alpha value is -1.88. The summed E-state index contributed by atoms with van der Waals surface area (Å²) in [6, 6.07) is 5.98. The molecule has 1 aromatic carbocycles. The van der Waals surface area contributed by atoms with Crippen molar-refractivity contribution < 1.29 is 9.52 Å². The van der Waals surface area contributed by atoms with Gasteiger partial charge >= 0.3 is 0 Å². The Bertz CT molecular complexity index is 576. The molecule has 1 heterocycles. The quantitative estimate of drug-likeness (QED) is 0.859. The van der Waals surface area contributed by atoms with Gasteiger partial charge in [0.2, 0.25) is 11.8 Å². The Morgan fingerprint density at radius 2 is 2.21 bits per heavy atom. The predicted molar refractivity (Wildman–Crippen MR) is 70.9 cm³/mol. The lowest BCUT2D eigenvalue weighted by atomic mass is 10.1. The average Bonchev–Trinajstić information content (AvgIpc) is 3.10. The Morgan fingerprint density at radius 3 is 3.00 bits per heavy atom. The summed E-state index contributed by atoms with van der Waals surface area (Å²) in [7, 11) is 0. The molecule has 2 aromatic rings. The largest absolute Gasteiger partial charge is 0.508 e. The first-order valence-electron chi connectivity index (χ1n) is 6.59. The molecule has 0 unspecified atom stereocenters. The van der Waals surface area contributed by atoms with Crippen LogP contribution in [-0.2, 0) is 6.42 Å². The number of hydrogen-bond acceptors (Lipinski definition) is 5. The molecule has 2 N–H and O–H groups in total. The zero-order valence-corrected chi connectivity index (χ0v) is 10.9. The highest BCUT2D eigenvalue weighted by Gasteiger charge is 2.20. The van der Waals surface area contributed by atoms with E-state index >= 15 is 0 Å². The lowest BCUT2D eigenvalue weighted by Crippen LogP contribution is -2.19. The van der Waals surface area contributed by atoms with Gasteiger partial charge in [-0.05, 0) is 31.9 Å². The number of nitrogens with zero attached hydrogens (tertiary/aromatic N) is 2. The third-order valence-electron chi connectivity index (χ3n) is 3.35. The summed E-state index contributed by atoms with van der Waals surface area (Å²) in [5, 5.41) is 21.2. The lowest BCUT2D eigenvalue weighted by molar-refractivity contribution is 0.469. The van der Waals surface area contributed by atoms with Gasteiger partial charge in [-0.25, -0.2) is 0 Å². The summed E-state index contributed by atoms with van der Waals surface area (Å²) in [5.41, 5.74) is 1.54. The maximum atomic E-state index is 9.68. The van der Waals surface area contributed by atoms with Crippen LogP contribution in [0.1, 0.15) is 24.3 Å². The number of benzene rings is 1. The van der Waals surface area contributed by atoms with E-state index in [4.69, 9.17) is 4.42 Å². The van der Waals surface area contributed by atoms with Crippen molar-refractivity contribution in [2.45, 2.75) is 32.2 Å². The van der Waals surface area contributed by atoms with E-state index in [1.807, 2.05) is 13.0 Å². The highest BCUT2D eigenvalue weighted by atomic mass is 16.4. The van der Waals surface area contributed by atoms with Gasteiger partial charge in [0.1, 0.15) is 5.75 Å². The Labute approximate surface area is 111 Å². The van der Waals surface area contributed by atoms with E-state index in [2.05, 4.69) is 15.5 Å². The molecule has 1 aliphatic carbocycles. The van der Waals surface area contributed by atoms with Gasteiger partial charge in [0.25, 0.3) is 0 Å². The highest BCUT2D eigenvalue weighted by molar-refractivity contribution is 5.61. The molecule has 1 saturated carbocycles. The Balaban J connectivity index is 1.70. The van der Waals surface area contributed by atoms with E-state index < -0.39 is 0 Å². The van der Waals surface area contributed by atoms with Crippen molar-refractivity contribution in [3.8, 4) is 17.2 Å². The van der Waals surface area contributed by atoms with E-state index in [0.29, 0.717) is 17.8 Å². The molecule has 0 radical (unpaired) electrons. The second-order valence-electron chi connectivity index (χ2n) is 4.93. The van der Waals surface area contributed by atoms with Crippen molar-refractivity contribution in [1.82, 2.24) is 15.5 Å². The molecule has 5 heteroatoms. The average molecular weight is 259 g/mol. The second-order valence-corrected chi connectivity index (χ2v) is 4.93. The molecule has 0 aliphatic heterocycles. The molecule has 100 valence electrons. The Morgan fingerprint density at radius 1 is 1.37 bits per heavy atom. The Kier molecular flexibility index (Phi) is 3.21. The van der Waals surface area contributed by atoms with E-state index in [1.165, 1.54) is 12.8 Å². The number of nitrogens with one attached hydrogen (secondary N) is 1. The molecule has 0 saturated heterocycles. The van der Waals surface area contributed by atoms with Gasteiger partial charge in [0, 0.05) is 30.1 Å². The van der Waals surface area contributed by atoms with Gasteiger partial charge < -0.3 is 14.8 Å². The minimum atomic E-state index is 0.243. The molecule has 5 nitrogen and oxygen atoms in total. The van der Waals surface area contributed by atoms with Crippen LogP contribution in [0.25, 0.3) is 11.5 Å². The van der Waals surface area contributed by atoms with Gasteiger partial charge in [-0.1, -0.05) is 6.07 Å². The zero-order valence-electron chi connectivity index (χ0n) is 10.9. The molecule has 0 atom stereocenters. The zero-order chi connectivity index (χ0) is 13.2. The highest BCUT2D eigenvalue weighted by Crippen LogP contribution is 2.28. The number of rotatable bonds is 5. The standard InChI is InChI=1S/C14H17N3O2/c1-9-11(3-2-4-12(9)18)14-17-16-13(19-14)7-8-15-10-5-6-10/h2-4,10,15,18H,5-8H2,1H3. The smallest absolute Gasteiger partial charge is 0.248 e. The summed E-state index contributed by atoms with van der Waals surface area (Å²) in [6.07, 6.45) is 3.29. The maximum Gasteiger partial charge on any atom is 0.248 e. The molecule has 1 aliphatic rings. The molecular weight excluding hydrogens is 242 g/mol. The number of phenols is 1. The van der Waals surface area contributed by atoms with Crippen LogP contribution in [0.2, 0.25) is 0 Å².